The Morgan fingerprint density at radius 3 is 2.59 bits per heavy atom. The molecule has 0 saturated carbocycles. The molecule has 1 atom stereocenters. The second-order valence-corrected chi connectivity index (χ2v) is 3.44. The van der Waals surface area contributed by atoms with Crippen molar-refractivity contribution in [3.05, 3.63) is 0 Å². The average Bonchev–Trinajstić information content (AvgIpc) is 2.27. The molecule has 17 heavy (non-hydrogen) atoms. The van der Waals surface area contributed by atoms with E-state index >= 15 is 0 Å². The molecule has 8 heteroatoms. The standard InChI is InChI=1S/C9H16N6O2/c1-5(4-6(10)16)12-8-13-7(11-2)14-9(15-8)17-3/h5H,4H2,1-3H3,(H2,10,16)(H2,11,12,13,14,15). The summed E-state index contributed by atoms with van der Waals surface area (Å²) in [5, 5.41) is 5.72. The lowest BCUT2D eigenvalue weighted by atomic mass is 10.2. The molecule has 0 bridgehead atoms. The zero-order valence-corrected chi connectivity index (χ0v) is 10.0. The van der Waals surface area contributed by atoms with Gasteiger partial charge in [-0.05, 0) is 6.92 Å². The summed E-state index contributed by atoms with van der Waals surface area (Å²) in [6, 6.07) is 0.0300. The van der Waals surface area contributed by atoms with E-state index in [0.717, 1.165) is 0 Å². The predicted octanol–water partition coefficient (Wildman–Crippen LogP) is -0.402. The second-order valence-electron chi connectivity index (χ2n) is 3.44. The van der Waals surface area contributed by atoms with Crippen molar-refractivity contribution in [1.82, 2.24) is 15.0 Å². The number of methoxy groups -OCH3 is 1. The lowest BCUT2D eigenvalue weighted by Gasteiger charge is -2.12. The summed E-state index contributed by atoms with van der Waals surface area (Å²) in [5.41, 5.74) is 5.09. The number of rotatable bonds is 6. The van der Waals surface area contributed by atoms with Crippen LogP contribution < -0.4 is 21.1 Å². The molecule has 1 aromatic rings. The fourth-order valence-electron chi connectivity index (χ4n) is 1.20. The van der Waals surface area contributed by atoms with Crippen LogP contribution >= 0.6 is 0 Å². The van der Waals surface area contributed by atoms with Gasteiger partial charge in [-0.1, -0.05) is 0 Å². The highest BCUT2D eigenvalue weighted by Gasteiger charge is 2.10. The van der Waals surface area contributed by atoms with E-state index in [-0.39, 0.29) is 24.4 Å². The molecule has 0 radical (unpaired) electrons. The Balaban J connectivity index is 2.79. The first-order valence-electron chi connectivity index (χ1n) is 5.07. The molecule has 8 nitrogen and oxygen atoms in total. The normalized spacial score (nSPS) is 11.7. The van der Waals surface area contributed by atoms with Crippen molar-refractivity contribution in [3.8, 4) is 6.01 Å². The summed E-state index contributed by atoms with van der Waals surface area (Å²) in [6.45, 7) is 1.81. The van der Waals surface area contributed by atoms with Crippen LogP contribution in [0.15, 0.2) is 0 Å². The highest BCUT2D eigenvalue weighted by molar-refractivity contribution is 5.74. The lowest BCUT2D eigenvalue weighted by molar-refractivity contribution is -0.118. The van der Waals surface area contributed by atoms with Gasteiger partial charge in [-0.2, -0.15) is 15.0 Å². The summed E-state index contributed by atoms with van der Waals surface area (Å²) in [5.74, 6) is 0.320. The second kappa shape index (κ2) is 5.83. The van der Waals surface area contributed by atoms with Gasteiger partial charge >= 0.3 is 6.01 Å². The van der Waals surface area contributed by atoms with Crippen LogP contribution in [0.5, 0.6) is 6.01 Å². The average molecular weight is 240 g/mol. The maximum atomic E-state index is 10.7. The van der Waals surface area contributed by atoms with Gasteiger partial charge < -0.3 is 21.1 Å². The van der Waals surface area contributed by atoms with E-state index in [1.165, 1.54) is 7.11 Å². The van der Waals surface area contributed by atoms with Gasteiger partial charge in [0.1, 0.15) is 0 Å². The van der Waals surface area contributed by atoms with Crippen LogP contribution in [-0.4, -0.2) is 41.1 Å². The summed E-state index contributed by atoms with van der Waals surface area (Å²) < 4.78 is 4.93. The van der Waals surface area contributed by atoms with E-state index in [4.69, 9.17) is 10.5 Å². The molecule has 1 rings (SSSR count). The van der Waals surface area contributed by atoms with Gasteiger partial charge in [0.15, 0.2) is 0 Å². The van der Waals surface area contributed by atoms with E-state index in [2.05, 4.69) is 25.6 Å². The summed E-state index contributed by atoms with van der Waals surface area (Å²) >= 11 is 0. The fraction of sp³-hybridized carbons (Fsp3) is 0.556. The summed E-state index contributed by atoms with van der Waals surface area (Å²) in [4.78, 5) is 22.8. The van der Waals surface area contributed by atoms with Gasteiger partial charge in [0.2, 0.25) is 17.8 Å². The first-order chi connectivity index (χ1) is 8.05. The minimum atomic E-state index is -0.389. The zero-order chi connectivity index (χ0) is 12.8. The Morgan fingerprint density at radius 2 is 2.06 bits per heavy atom. The number of anilines is 2. The molecular weight excluding hydrogens is 224 g/mol. The highest BCUT2D eigenvalue weighted by Crippen LogP contribution is 2.11. The molecule has 1 unspecified atom stereocenters. The molecule has 94 valence electrons. The number of nitrogens with two attached hydrogens (primary N) is 1. The summed E-state index contributed by atoms with van der Waals surface area (Å²) in [7, 11) is 3.15. The minimum Gasteiger partial charge on any atom is -0.467 e. The third-order valence-corrected chi connectivity index (χ3v) is 1.90. The molecule has 1 amide bonds. The van der Waals surface area contributed by atoms with E-state index in [1.54, 1.807) is 14.0 Å². The van der Waals surface area contributed by atoms with Crippen LogP contribution in [-0.2, 0) is 4.79 Å². The number of nitrogens with one attached hydrogen (secondary N) is 2. The van der Waals surface area contributed by atoms with Crippen molar-refractivity contribution >= 4 is 17.8 Å². The monoisotopic (exact) mass is 240 g/mol. The van der Waals surface area contributed by atoms with Crippen molar-refractivity contribution in [1.29, 1.82) is 0 Å². The molecule has 0 aliphatic rings. The molecular formula is C9H16N6O2. The van der Waals surface area contributed by atoms with E-state index in [1.807, 2.05) is 0 Å². The quantitative estimate of drug-likeness (QED) is 0.619. The van der Waals surface area contributed by atoms with Crippen LogP contribution in [0.2, 0.25) is 0 Å². The first kappa shape index (κ1) is 12.9. The van der Waals surface area contributed by atoms with Gasteiger partial charge in [0.25, 0.3) is 0 Å². The largest absolute Gasteiger partial charge is 0.467 e. The Bertz CT molecular complexity index is 375. The molecule has 0 spiro atoms. The van der Waals surface area contributed by atoms with Gasteiger partial charge in [0, 0.05) is 19.5 Å². The van der Waals surface area contributed by atoms with Crippen LogP contribution in [0.4, 0.5) is 11.9 Å². The first-order valence-corrected chi connectivity index (χ1v) is 5.07. The number of primary amides is 1. The molecule has 1 aromatic heterocycles. The number of ether oxygens (including phenoxy) is 1. The molecule has 0 aromatic carbocycles. The summed E-state index contributed by atoms with van der Waals surface area (Å²) in [6.07, 6.45) is 0.197. The molecule has 0 fully saturated rings. The predicted molar refractivity (Wildman–Crippen MR) is 62.8 cm³/mol. The maximum absolute atomic E-state index is 10.7. The van der Waals surface area contributed by atoms with Gasteiger partial charge in [-0.3, -0.25) is 4.79 Å². The van der Waals surface area contributed by atoms with E-state index in [9.17, 15) is 4.79 Å². The Hall–Kier alpha value is -2.12. The number of aromatic nitrogens is 3. The molecule has 0 aliphatic carbocycles. The van der Waals surface area contributed by atoms with Crippen LogP contribution in [0, 0.1) is 0 Å². The van der Waals surface area contributed by atoms with Gasteiger partial charge in [0.05, 0.1) is 7.11 Å². The van der Waals surface area contributed by atoms with Crippen molar-refractivity contribution in [2.45, 2.75) is 19.4 Å². The van der Waals surface area contributed by atoms with E-state index < -0.39 is 0 Å². The van der Waals surface area contributed by atoms with Crippen molar-refractivity contribution < 1.29 is 9.53 Å². The Kier molecular flexibility index (Phi) is 4.44. The highest BCUT2D eigenvalue weighted by atomic mass is 16.5. The third-order valence-electron chi connectivity index (χ3n) is 1.90. The number of hydrogen-bond donors (Lipinski definition) is 3. The lowest BCUT2D eigenvalue weighted by Crippen LogP contribution is -2.25. The Morgan fingerprint density at radius 1 is 1.41 bits per heavy atom. The smallest absolute Gasteiger partial charge is 0.322 e. The van der Waals surface area contributed by atoms with E-state index in [0.29, 0.717) is 11.9 Å². The minimum absolute atomic E-state index is 0.163. The number of amides is 1. The Labute approximate surface area is 99.0 Å². The van der Waals surface area contributed by atoms with Crippen molar-refractivity contribution in [3.63, 3.8) is 0 Å². The molecule has 1 heterocycles. The maximum Gasteiger partial charge on any atom is 0.322 e. The number of nitrogens with zero attached hydrogens (tertiary/aromatic N) is 3. The molecule has 4 N–H and O–H groups in total. The topological polar surface area (TPSA) is 115 Å². The SMILES string of the molecule is CNc1nc(NC(C)CC(N)=O)nc(OC)n1. The van der Waals surface area contributed by atoms with Crippen LogP contribution in [0.25, 0.3) is 0 Å². The van der Waals surface area contributed by atoms with Crippen LogP contribution in [0.3, 0.4) is 0 Å². The molecule has 0 aliphatic heterocycles. The zero-order valence-electron chi connectivity index (χ0n) is 10.0. The molecule has 0 saturated heterocycles. The number of hydrogen-bond acceptors (Lipinski definition) is 7. The van der Waals surface area contributed by atoms with Crippen molar-refractivity contribution in [2.75, 3.05) is 24.8 Å². The number of carbonyl (C=O) groups excluding carboxylic acids is 1. The third kappa shape index (κ3) is 4.09. The van der Waals surface area contributed by atoms with Gasteiger partial charge in [-0.15, -0.1) is 0 Å². The van der Waals surface area contributed by atoms with Crippen LogP contribution in [0.1, 0.15) is 13.3 Å². The van der Waals surface area contributed by atoms with Crippen molar-refractivity contribution in [2.24, 2.45) is 5.73 Å². The fourth-order valence-corrected chi connectivity index (χ4v) is 1.20. The van der Waals surface area contributed by atoms with Gasteiger partial charge in [-0.25, -0.2) is 0 Å². The number of carbonyl (C=O) groups is 1.